The van der Waals surface area contributed by atoms with E-state index in [4.69, 9.17) is 16.3 Å². The number of halogens is 4. The van der Waals surface area contributed by atoms with Crippen molar-refractivity contribution in [3.05, 3.63) is 52.5 Å². The zero-order valence-electron chi connectivity index (χ0n) is 16.5. The summed E-state index contributed by atoms with van der Waals surface area (Å²) >= 11 is 5.60. The number of nitrogens with zero attached hydrogens (tertiary/aromatic N) is 1. The number of rotatable bonds is 5. The highest BCUT2D eigenvalue weighted by atomic mass is 35.5. The molecule has 1 aliphatic heterocycles. The molecule has 0 radical (unpaired) electrons. The topological polar surface area (TPSA) is 75.7 Å². The molecular formula is C20H20ClF3N2O4S. The average Bonchev–Trinajstić information content (AvgIpc) is 2.74. The number of hydrogen-bond donors (Lipinski definition) is 1. The second-order valence-corrected chi connectivity index (χ2v) is 9.32. The summed E-state index contributed by atoms with van der Waals surface area (Å²) in [6.45, 7) is 0.780. The highest BCUT2D eigenvalue weighted by Crippen LogP contribution is 2.36. The predicted molar refractivity (Wildman–Crippen MR) is 110 cm³/mol. The summed E-state index contributed by atoms with van der Waals surface area (Å²) in [5.74, 6) is -0.733. The van der Waals surface area contributed by atoms with Gasteiger partial charge in [0.25, 0.3) is 5.91 Å². The Morgan fingerprint density at radius 3 is 2.39 bits per heavy atom. The van der Waals surface area contributed by atoms with E-state index in [1.54, 1.807) is 0 Å². The number of piperidine rings is 1. The number of anilines is 1. The second kappa shape index (κ2) is 9.05. The predicted octanol–water partition coefficient (Wildman–Crippen LogP) is 4.79. The molecule has 1 saturated heterocycles. The van der Waals surface area contributed by atoms with Crippen LogP contribution in [0, 0.1) is 0 Å². The fourth-order valence-corrected chi connectivity index (χ4v) is 5.07. The quantitative estimate of drug-likeness (QED) is 0.673. The Hall–Kier alpha value is -2.30. The lowest BCUT2D eigenvalue weighted by Crippen LogP contribution is -2.35. The maximum absolute atomic E-state index is 13.1. The number of nitrogens with one attached hydrogen (secondary N) is 1. The molecule has 168 valence electrons. The molecule has 11 heteroatoms. The van der Waals surface area contributed by atoms with Crippen molar-refractivity contribution in [2.45, 2.75) is 30.3 Å². The lowest BCUT2D eigenvalue weighted by molar-refractivity contribution is -0.137. The number of benzene rings is 2. The van der Waals surface area contributed by atoms with Crippen LogP contribution in [-0.4, -0.2) is 38.8 Å². The molecule has 2 aromatic carbocycles. The van der Waals surface area contributed by atoms with Gasteiger partial charge in [0.2, 0.25) is 10.0 Å². The molecule has 6 nitrogen and oxygen atoms in total. The molecule has 0 aromatic heterocycles. The van der Waals surface area contributed by atoms with Crippen molar-refractivity contribution in [3.63, 3.8) is 0 Å². The van der Waals surface area contributed by atoms with Gasteiger partial charge in [0.15, 0.2) is 0 Å². The van der Waals surface area contributed by atoms with Crippen LogP contribution in [0.15, 0.2) is 41.3 Å². The number of carbonyl (C=O) groups is 1. The van der Waals surface area contributed by atoms with Gasteiger partial charge in [0.05, 0.1) is 28.2 Å². The van der Waals surface area contributed by atoms with Gasteiger partial charge in [0.1, 0.15) is 5.75 Å². The van der Waals surface area contributed by atoms with Gasteiger partial charge in [-0.15, -0.1) is 0 Å². The van der Waals surface area contributed by atoms with E-state index in [9.17, 15) is 26.4 Å². The van der Waals surface area contributed by atoms with Crippen molar-refractivity contribution >= 4 is 33.2 Å². The maximum atomic E-state index is 13.1. The van der Waals surface area contributed by atoms with E-state index in [1.807, 2.05) is 0 Å². The summed E-state index contributed by atoms with van der Waals surface area (Å²) in [6, 6.07) is 6.79. The van der Waals surface area contributed by atoms with E-state index in [1.165, 1.54) is 35.7 Å². The zero-order chi connectivity index (χ0) is 22.8. The van der Waals surface area contributed by atoms with Crippen LogP contribution in [0.25, 0.3) is 0 Å². The number of sulfonamides is 1. The fourth-order valence-electron chi connectivity index (χ4n) is 3.30. The van der Waals surface area contributed by atoms with Crippen LogP contribution in [0.2, 0.25) is 5.02 Å². The third kappa shape index (κ3) is 5.13. The van der Waals surface area contributed by atoms with Gasteiger partial charge in [0, 0.05) is 18.8 Å². The normalized spacial score (nSPS) is 15.5. The first kappa shape index (κ1) is 23.4. The Bertz CT molecular complexity index is 1080. The van der Waals surface area contributed by atoms with Crippen LogP contribution in [0.1, 0.15) is 35.2 Å². The first-order valence-corrected chi connectivity index (χ1v) is 11.2. The van der Waals surface area contributed by atoms with Gasteiger partial charge >= 0.3 is 6.18 Å². The van der Waals surface area contributed by atoms with E-state index < -0.39 is 32.7 Å². The molecule has 1 heterocycles. The largest absolute Gasteiger partial charge is 0.496 e. The summed E-state index contributed by atoms with van der Waals surface area (Å²) in [7, 11) is -2.52. The van der Waals surface area contributed by atoms with Crippen LogP contribution < -0.4 is 10.1 Å². The Morgan fingerprint density at radius 2 is 1.77 bits per heavy atom. The zero-order valence-corrected chi connectivity index (χ0v) is 18.1. The molecule has 0 unspecified atom stereocenters. The van der Waals surface area contributed by atoms with Crippen LogP contribution >= 0.6 is 11.6 Å². The van der Waals surface area contributed by atoms with E-state index in [-0.39, 0.29) is 21.9 Å². The monoisotopic (exact) mass is 476 g/mol. The number of methoxy groups -OCH3 is 1. The molecule has 1 fully saturated rings. The summed E-state index contributed by atoms with van der Waals surface area (Å²) in [5.41, 5.74) is -1.36. The molecule has 0 bridgehead atoms. The smallest absolute Gasteiger partial charge is 0.417 e. The SMILES string of the molecule is COc1ccc(S(=O)(=O)N2CCCCC2)cc1C(=O)Nc1ccc(Cl)c(C(F)(F)F)c1. The molecule has 0 aliphatic carbocycles. The summed E-state index contributed by atoms with van der Waals surface area (Å²) in [6.07, 6.45) is -2.25. The maximum Gasteiger partial charge on any atom is 0.417 e. The molecule has 1 aliphatic rings. The van der Waals surface area contributed by atoms with Crippen LogP contribution in [0.5, 0.6) is 5.75 Å². The van der Waals surface area contributed by atoms with Gasteiger partial charge in [-0.2, -0.15) is 17.5 Å². The molecule has 31 heavy (non-hydrogen) atoms. The summed E-state index contributed by atoms with van der Waals surface area (Å²) in [5, 5.41) is 1.84. The minimum atomic E-state index is -4.70. The minimum absolute atomic E-state index is 0.0834. The summed E-state index contributed by atoms with van der Waals surface area (Å²) < 4.78 is 71.6. The molecule has 0 spiro atoms. The number of carbonyl (C=O) groups excluding carboxylic acids is 1. The Balaban J connectivity index is 1.93. The van der Waals surface area contributed by atoms with Crippen molar-refractivity contribution in [1.82, 2.24) is 4.31 Å². The van der Waals surface area contributed by atoms with Crippen molar-refractivity contribution in [2.75, 3.05) is 25.5 Å². The minimum Gasteiger partial charge on any atom is -0.496 e. The highest BCUT2D eigenvalue weighted by Gasteiger charge is 2.33. The van der Waals surface area contributed by atoms with Crippen molar-refractivity contribution < 1.29 is 31.1 Å². The van der Waals surface area contributed by atoms with Crippen molar-refractivity contribution in [3.8, 4) is 5.75 Å². The molecular weight excluding hydrogens is 457 g/mol. The Morgan fingerprint density at radius 1 is 1.10 bits per heavy atom. The van der Waals surface area contributed by atoms with Crippen LogP contribution in [0.4, 0.5) is 18.9 Å². The van der Waals surface area contributed by atoms with E-state index in [0.29, 0.717) is 19.2 Å². The van der Waals surface area contributed by atoms with Gasteiger partial charge in [-0.1, -0.05) is 18.0 Å². The fraction of sp³-hybridized carbons (Fsp3) is 0.350. The number of hydrogen-bond acceptors (Lipinski definition) is 4. The number of alkyl halides is 3. The number of amides is 1. The van der Waals surface area contributed by atoms with Crippen LogP contribution in [0.3, 0.4) is 0 Å². The second-order valence-electron chi connectivity index (χ2n) is 6.97. The van der Waals surface area contributed by atoms with Gasteiger partial charge in [-0.05, 0) is 49.2 Å². The van der Waals surface area contributed by atoms with Gasteiger partial charge < -0.3 is 10.1 Å². The lowest BCUT2D eigenvalue weighted by Gasteiger charge is -2.26. The van der Waals surface area contributed by atoms with Crippen molar-refractivity contribution in [1.29, 1.82) is 0 Å². The third-order valence-corrected chi connectivity index (χ3v) is 7.12. The lowest BCUT2D eigenvalue weighted by atomic mass is 10.1. The summed E-state index contributed by atoms with van der Waals surface area (Å²) in [4.78, 5) is 12.7. The first-order valence-electron chi connectivity index (χ1n) is 9.40. The highest BCUT2D eigenvalue weighted by molar-refractivity contribution is 7.89. The number of ether oxygens (including phenoxy) is 1. The van der Waals surface area contributed by atoms with Crippen molar-refractivity contribution in [2.24, 2.45) is 0 Å². The van der Waals surface area contributed by atoms with Crippen LogP contribution in [-0.2, 0) is 16.2 Å². The third-order valence-electron chi connectivity index (χ3n) is 4.90. The molecule has 1 N–H and O–H groups in total. The van der Waals surface area contributed by atoms with E-state index in [0.717, 1.165) is 25.3 Å². The molecule has 0 atom stereocenters. The molecule has 1 amide bonds. The van der Waals surface area contributed by atoms with Gasteiger partial charge in [-0.25, -0.2) is 8.42 Å². The Kier molecular flexibility index (Phi) is 6.82. The first-order chi connectivity index (χ1) is 14.5. The standard InChI is InChI=1S/C20H20ClF3N2O4S/c1-30-18-8-6-14(31(28,29)26-9-3-2-4-10-26)12-15(18)19(27)25-13-5-7-17(21)16(11-13)20(22,23)24/h5-8,11-12H,2-4,9-10H2,1H3,(H,25,27). The Labute approximate surface area is 183 Å². The molecule has 3 rings (SSSR count). The van der Waals surface area contributed by atoms with E-state index in [2.05, 4.69) is 5.32 Å². The van der Waals surface area contributed by atoms with Gasteiger partial charge in [-0.3, -0.25) is 4.79 Å². The molecule has 0 saturated carbocycles. The van der Waals surface area contributed by atoms with E-state index >= 15 is 0 Å². The average molecular weight is 477 g/mol. The molecule has 2 aromatic rings.